The van der Waals surface area contributed by atoms with Crippen molar-refractivity contribution in [1.82, 2.24) is 4.98 Å². The van der Waals surface area contributed by atoms with Gasteiger partial charge in [0.15, 0.2) is 4.34 Å². The molecule has 114 valence electrons. The minimum atomic E-state index is -0.609. The number of aromatic nitrogens is 1. The van der Waals surface area contributed by atoms with Crippen LogP contribution in [0.1, 0.15) is 0 Å². The summed E-state index contributed by atoms with van der Waals surface area (Å²) in [6.45, 7) is 0.170. The van der Waals surface area contributed by atoms with Crippen LogP contribution in [0.15, 0.2) is 52.9 Å². The molecule has 1 atom stereocenters. The average Bonchev–Trinajstić information content (AvgIpc) is 2.95. The van der Waals surface area contributed by atoms with Gasteiger partial charge in [-0.15, -0.1) is 11.3 Å². The fourth-order valence-electron chi connectivity index (χ4n) is 1.85. The molecule has 0 amide bonds. The number of rotatable bonds is 6. The maximum absolute atomic E-state index is 12.8. The number of halogens is 1. The molecule has 0 saturated heterocycles. The Kier molecular flexibility index (Phi) is 4.92. The molecule has 0 aliphatic rings. The fraction of sp³-hybridized carbons (Fsp3) is 0.188. The van der Waals surface area contributed by atoms with Crippen molar-refractivity contribution >= 4 is 33.3 Å². The van der Waals surface area contributed by atoms with Crippen LogP contribution < -0.4 is 4.74 Å². The third kappa shape index (κ3) is 3.97. The van der Waals surface area contributed by atoms with Crippen LogP contribution >= 0.6 is 23.1 Å². The molecule has 0 fully saturated rings. The number of thioether (sulfide) groups is 1. The molecule has 1 aromatic heterocycles. The van der Waals surface area contributed by atoms with Crippen LogP contribution in [0.25, 0.3) is 10.2 Å². The lowest BCUT2D eigenvalue weighted by Gasteiger charge is -2.11. The second-order valence-corrected chi connectivity index (χ2v) is 6.98. The molecule has 22 heavy (non-hydrogen) atoms. The van der Waals surface area contributed by atoms with E-state index in [9.17, 15) is 9.50 Å². The largest absolute Gasteiger partial charge is 0.491 e. The number of ether oxygens (including phenoxy) is 1. The van der Waals surface area contributed by atoms with Gasteiger partial charge in [-0.1, -0.05) is 23.9 Å². The Morgan fingerprint density at radius 1 is 1.18 bits per heavy atom. The first-order chi connectivity index (χ1) is 10.7. The first-order valence-electron chi connectivity index (χ1n) is 6.75. The predicted molar refractivity (Wildman–Crippen MR) is 88.2 cm³/mol. The molecule has 6 heteroatoms. The summed E-state index contributed by atoms with van der Waals surface area (Å²) in [5.74, 6) is 0.741. The van der Waals surface area contributed by atoms with Crippen molar-refractivity contribution in [3.05, 3.63) is 54.3 Å². The highest BCUT2D eigenvalue weighted by Crippen LogP contribution is 2.29. The Hall–Kier alpha value is -1.63. The molecule has 0 spiro atoms. The second kappa shape index (κ2) is 7.09. The Balaban J connectivity index is 1.49. The number of hydrogen-bond donors (Lipinski definition) is 1. The molecule has 0 bridgehead atoms. The van der Waals surface area contributed by atoms with Crippen molar-refractivity contribution in [3.8, 4) is 5.75 Å². The van der Waals surface area contributed by atoms with Crippen LogP contribution in [0.3, 0.4) is 0 Å². The van der Waals surface area contributed by atoms with Gasteiger partial charge >= 0.3 is 0 Å². The van der Waals surface area contributed by atoms with Gasteiger partial charge < -0.3 is 9.84 Å². The average molecular weight is 335 g/mol. The Morgan fingerprint density at radius 2 is 1.95 bits per heavy atom. The summed E-state index contributed by atoms with van der Waals surface area (Å²) in [5.41, 5.74) is 0.979. The third-order valence-electron chi connectivity index (χ3n) is 2.93. The van der Waals surface area contributed by atoms with Gasteiger partial charge in [-0.2, -0.15) is 0 Å². The molecule has 0 radical (unpaired) electrons. The van der Waals surface area contributed by atoms with Crippen molar-refractivity contribution in [3.63, 3.8) is 0 Å². The van der Waals surface area contributed by atoms with E-state index in [4.69, 9.17) is 4.74 Å². The van der Waals surface area contributed by atoms with Gasteiger partial charge in [0.2, 0.25) is 0 Å². The van der Waals surface area contributed by atoms with Crippen LogP contribution in [0, 0.1) is 5.82 Å². The van der Waals surface area contributed by atoms with Crippen molar-refractivity contribution in [2.75, 3.05) is 12.4 Å². The van der Waals surface area contributed by atoms with E-state index in [1.54, 1.807) is 23.5 Å². The minimum absolute atomic E-state index is 0.170. The smallest absolute Gasteiger partial charge is 0.151 e. The fourth-order valence-corrected chi connectivity index (χ4v) is 3.85. The minimum Gasteiger partial charge on any atom is -0.491 e. The summed E-state index contributed by atoms with van der Waals surface area (Å²) in [4.78, 5) is 4.50. The highest BCUT2D eigenvalue weighted by atomic mass is 32.2. The van der Waals surface area contributed by atoms with Gasteiger partial charge in [0, 0.05) is 5.75 Å². The molecule has 3 rings (SSSR count). The maximum Gasteiger partial charge on any atom is 0.151 e. The van der Waals surface area contributed by atoms with Crippen molar-refractivity contribution in [1.29, 1.82) is 0 Å². The van der Waals surface area contributed by atoms with Crippen molar-refractivity contribution in [2.24, 2.45) is 0 Å². The summed E-state index contributed by atoms with van der Waals surface area (Å²) < 4.78 is 20.3. The topological polar surface area (TPSA) is 42.4 Å². The molecule has 0 saturated carbocycles. The monoisotopic (exact) mass is 335 g/mol. The molecule has 1 unspecified atom stereocenters. The second-order valence-electron chi connectivity index (χ2n) is 4.68. The summed E-state index contributed by atoms with van der Waals surface area (Å²) in [5, 5.41) is 9.96. The maximum atomic E-state index is 12.8. The summed E-state index contributed by atoms with van der Waals surface area (Å²) >= 11 is 3.12. The third-order valence-corrected chi connectivity index (χ3v) is 5.25. The van der Waals surface area contributed by atoms with Gasteiger partial charge in [-0.05, 0) is 36.4 Å². The van der Waals surface area contributed by atoms with E-state index in [0.717, 1.165) is 14.6 Å². The number of nitrogens with zero attached hydrogens (tertiary/aromatic N) is 1. The molecular weight excluding hydrogens is 321 g/mol. The molecule has 0 aliphatic carbocycles. The normalized spacial score (nSPS) is 12.5. The first-order valence-corrected chi connectivity index (χ1v) is 8.56. The SMILES string of the molecule is OC(COc1ccc(F)cc1)CSc1nc2ccccc2s1. The van der Waals surface area contributed by atoms with Gasteiger partial charge in [-0.25, -0.2) is 9.37 Å². The quantitative estimate of drug-likeness (QED) is 0.692. The van der Waals surface area contributed by atoms with E-state index in [1.807, 2.05) is 24.3 Å². The number of para-hydroxylation sites is 1. The Bertz CT molecular complexity index is 712. The van der Waals surface area contributed by atoms with E-state index in [-0.39, 0.29) is 12.4 Å². The number of hydrogen-bond acceptors (Lipinski definition) is 5. The van der Waals surface area contributed by atoms with E-state index in [2.05, 4.69) is 4.98 Å². The number of aliphatic hydroxyl groups is 1. The van der Waals surface area contributed by atoms with Crippen LogP contribution in [0.4, 0.5) is 4.39 Å². The molecule has 0 aliphatic heterocycles. The zero-order valence-corrected chi connectivity index (χ0v) is 13.2. The van der Waals surface area contributed by atoms with Gasteiger partial charge in [-0.3, -0.25) is 0 Å². The van der Waals surface area contributed by atoms with Crippen LogP contribution in [0.5, 0.6) is 5.75 Å². The molecule has 3 nitrogen and oxygen atoms in total. The van der Waals surface area contributed by atoms with E-state index < -0.39 is 6.10 Å². The summed E-state index contributed by atoms with van der Waals surface area (Å²) in [7, 11) is 0. The predicted octanol–water partition coefficient (Wildman–Crippen LogP) is 3.97. The lowest BCUT2D eigenvalue weighted by Crippen LogP contribution is -2.20. The van der Waals surface area contributed by atoms with Crippen molar-refractivity contribution < 1.29 is 14.2 Å². The first kappa shape index (κ1) is 15.3. The Morgan fingerprint density at radius 3 is 2.73 bits per heavy atom. The van der Waals surface area contributed by atoms with E-state index in [1.165, 1.54) is 23.9 Å². The number of thiazole rings is 1. The lowest BCUT2D eigenvalue weighted by molar-refractivity contribution is 0.126. The van der Waals surface area contributed by atoms with E-state index in [0.29, 0.717) is 11.5 Å². The standard InChI is InChI=1S/C16H14FNO2S2/c17-11-5-7-13(8-6-11)20-9-12(19)10-21-16-18-14-3-1-2-4-15(14)22-16/h1-8,12,19H,9-10H2. The highest BCUT2D eigenvalue weighted by Gasteiger charge is 2.09. The van der Waals surface area contributed by atoms with Gasteiger partial charge in [0.1, 0.15) is 18.2 Å². The zero-order valence-electron chi connectivity index (χ0n) is 11.6. The van der Waals surface area contributed by atoms with Crippen molar-refractivity contribution in [2.45, 2.75) is 10.4 Å². The molecule has 2 aromatic carbocycles. The zero-order chi connectivity index (χ0) is 15.4. The molecular formula is C16H14FNO2S2. The number of fused-ring (bicyclic) bond motifs is 1. The van der Waals surface area contributed by atoms with Crippen LogP contribution in [0.2, 0.25) is 0 Å². The number of benzene rings is 2. The van der Waals surface area contributed by atoms with Crippen LogP contribution in [-0.2, 0) is 0 Å². The molecule has 3 aromatic rings. The highest BCUT2D eigenvalue weighted by molar-refractivity contribution is 8.01. The van der Waals surface area contributed by atoms with Gasteiger partial charge in [0.05, 0.1) is 16.3 Å². The molecule has 1 heterocycles. The number of aliphatic hydroxyl groups excluding tert-OH is 1. The van der Waals surface area contributed by atoms with Crippen LogP contribution in [-0.4, -0.2) is 28.6 Å². The molecule has 1 N–H and O–H groups in total. The van der Waals surface area contributed by atoms with Gasteiger partial charge in [0.25, 0.3) is 0 Å². The Labute approximate surface area is 135 Å². The summed E-state index contributed by atoms with van der Waals surface area (Å²) in [6.07, 6.45) is -0.609. The lowest BCUT2D eigenvalue weighted by atomic mass is 10.3. The van der Waals surface area contributed by atoms with E-state index >= 15 is 0 Å². The summed E-state index contributed by atoms with van der Waals surface area (Å²) in [6, 6.07) is 13.7.